The van der Waals surface area contributed by atoms with Crippen molar-refractivity contribution >= 4 is 5.91 Å². The molecule has 0 aromatic carbocycles. The average Bonchev–Trinajstić information content (AvgIpc) is 2.34. The lowest BCUT2D eigenvalue weighted by atomic mass is 10.3. The summed E-state index contributed by atoms with van der Waals surface area (Å²) in [6.45, 7) is 4.17. The summed E-state index contributed by atoms with van der Waals surface area (Å²) in [5.41, 5.74) is 0. The molecule has 0 aromatic rings. The summed E-state index contributed by atoms with van der Waals surface area (Å²) in [6.07, 6.45) is 3.10. The van der Waals surface area contributed by atoms with Crippen molar-refractivity contribution in [1.82, 2.24) is 4.90 Å². The molecule has 0 bridgehead atoms. The molecule has 3 nitrogen and oxygen atoms in total. The Morgan fingerprint density at radius 2 is 2.64 bits per heavy atom. The Morgan fingerprint density at radius 3 is 3.18 bits per heavy atom. The van der Waals surface area contributed by atoms with Gasteiger partial charge in [0.1, 0.15) is 6.23 Å². The third-order valence-corrected chi connectivity index (χ3v) is 1.87. The van der Waals surface area contributed by atoms with E-state index >= 15 is 0 Å². The zero-order valence-corrected chi connectivity index (χ0v) is 6.75. The Hall–Kier alpha value is -0.830. The number of amides is 1. The SMILES string of the molecule is C=CCN1C(=O)CCC1OC. The normalized spacial score (nSPS) is 24.3. The second kappa shape index (κ2) is 3.53. The number of nitrogens with zero attached hydrogens (tertiary/aromatic N) is 1. The first-order valence-corrected chi connectivity index (χ1v) is 3.72. The molecule has 1 fully saturated rings. The first-order valence-electron chi connectivity index (χ1n) is 3.72. The van der Waals surface area contributed by atoms with Gasteiger partial charge in [0.25, 0.3) is 0 Å². The summed E-state index contributed by atoms with van der Waals surface area (Å²) in [5.74, 6) is 0.164. The molecule has 1 aliphatic heterocycles. The molecule has 1 rings (SSSR count). The molecule has 62 valence electrons. The minimum Gasteiger partial charge on any atom is -0.362 e. The molecule has 0 radical (unpaired) electrons. The second-order valence-corrected chi connectivity index (χ2v) is 2.56. The van der Waals surface area contributed by atoms with E-state index in [1.54, 1.807) is 18.1 Å². The van der Waals surface area contributed by atoms with E-state index in [4.69, 9.17) is 4.74 Å². The maximum Gasteiger partial charge on any atom is 0.225 e. The number of carbonyl (C=O) groups is 1. The van der Waals surface area contributed by atoms with Crippen LogP contribution in [0.2, 0.25) is 0 Å². The summed E-state index contributed by atoms with van der Waals surface area (Å²) >= 11 is 0. The molecule has 1 saturated heterocycles. The van der Waals surface area contributed by atoms with Gasteiger partial charge in [-0.2, -0.15) is 0 Å². The Labute approximate surface area is 66.6 Å². The van der Waals surface area contributed by atoms with Crippen molar-refractivity contribution in [2.75, 3.05) is 13.7 Å². The Balaban J connectivity index is 2.55. The average molecular weight is 155 g/mol. The molecule has 0 saturated carbocycles. The van der Waals surface area contributed by atoms with Gasteiger partial charge < -0.3 is 9.64 Å². The highest BCUT2D eigenvalue weighted by atomic mass is 16.5. The van der Waals surface area contributed by atoms with Crippen molar-refractivity contribution in [1.29, 1.82) is 0 Å². The standard InChI is InChI=1S/C8H13NO2/c1-3-6-9-7(10)4-5-8(9)11-2/h3,8H,1,4-6H2,2H3. The lowest BCUT2D eigenvalue weighted by Crippen LogP contribution is -2.34. The van der Waals surface area contributed by atoms with E-state index in [2.05, 4.69) is 6.58 Å². The third-order valence-electron chi connectivity index (χ3n) is 1.87. The molecule has 11 heavy (non-hydrogen) atoms. The van der Waals surface area contributed by atoms with Crippen molar-refractivity contribution in [3.8, 4) is 0 Å². The van der Waals surface area contributed by atoms with Crippen LogP contribution in [-0.4, -0.2) is 30.7 Å². The lowest BCUT2D eigenvalue weighted by molar-refractivity contribution is -0.133. The quantitative estimate of drug-likeness (QED) is 0.563. The van der Waals surface area contributed by atoms with Crippen LogP contribution in [0, 0.1) is 0 Å². The predicted molar refractivity (Wildman–Crippen MR) is 41.9 cm³/mol. The minimum absolute atomic E-state index is 0.0273. The van der Waals surface area contributed by atoms with E-state index in [1.807, 2.05) is 0 Å². The number of hydrogen-bond donors (Lipinski definition) is 0. The minimum atomic E-state index is -0.0273. The van der Waals surface area contributed by atoms with Crippen LogP contribution in [0.25, 0.3) is 0 Å². The zero-order chi connectivity index (χ0) is 8.27. The molecule has 1 aliphatic rings. The van der Waals surface area contributed by atoms with E-state index in [9.17, 15) is 4.79 Å². The Kier molecular flexibility index (Phi) is 2.65. The van der Waals surface area contributed by atoms with Gasteiger partial charge in [-0.15, -0.1) is 6.58 Å². The van der Waals surface area contributed by atoms with Crippen molar-refractivity contribution in [2.24, 2.45) is 0 Å². The largest absolute Gasteiger partial charge is 0.362 e. The van der Waals surface area contributed by atoms with E-state index in [0.29, 0.717) is 13.0 Å². The fourth-order valence-electron chi connectivity index (χ4n) is 1.31. The molecular weight excluding hydrogens is 142 g/mol. The summed E-state index contributed by atoms with van der Waals surface area (Å²) < 4.78 is 5.10. The van der Waals surface area contributed by atoms with Gasteiger partial charge in [0, 0.05) is 26.5 Å². The van der Waals surface area contributed by atoms with Gasteiger partial charge in [0.2, 0.25) is 5.91 Å². The first-order chi connectivity index (χ1) is 5.29. The zero-order valence-electron chi connectivity index (χ0n) is 6.75. The number of ether oxygens (including phenoxy) is 1. The van der Waals surface area contributed by atoms with Gasteiger partial charge in [-0.25, -0.2) is 0 Å². The number of methoxy groups -OCH3 is 1. The molecule has 1 atom stereocenters. The highest BCUT2D eigenvalue weighted by molar-refractivity contribution is 5.78. The van der Waals surface area contributed by atoms with Crippen molar-refractivity contribution in [3.63, 3.8) is 0 Å². The first kappa shape index (κ1) is 8.27. The maximum atomic E-state index is 11.1. The molecule has 1 heterocycles. The lowest BCUT2D eigenvalue weighted by Gasteiger charge is -2.21. The molecule has 1 amide bonds. The topological polar surface area (TPSA) is 29.5 Å². The predicted octanol–water partition coefficient (Wildman–Crippen LogP) is 0.767. The van der Waals surface area contributed by atoms with E-state index in [1.165, 1.54) is 0 Å². The van der Waals surface area contributed by atoms with E-state index in [-0.39, 0.29) is 12.1 Å². The fraction of sp³-hybridized carbons (Fsp3) is 0.625. The summed E-state index contributed by atoms with van der Waals surface area (Å²) in [5, 5.41) is 0. The van der Waals surface area contributed by atoms with E-state index in [0.717, 1.165) is 6.42 Å². The number of carbonyl (C=O) groups excluding carboxylic acids is 1. The highest BCUT2D eigenvalue weighted by Crippen LogP contribution is 2.18. The van der Waals surface area contributed by atoms with Gasteiger partial charge in [-0.05, 0) is 0 Å². The summed E-state index contributed by atoms with van der Waals surface area (Å²) in [4.78, 5) is 12.8. The van der Waals surface area contributed by atoms with Crippen LogP contribution < -0.4 is 0 Å². The van der Waals surface area contributed by atoms with E-state index < -0.39 is 0 Å². The maximum absolute atomic E-state index is 11.1. The highest BCUT2D eigenvalue weighted by Gasteiger charge is 2.29. The monoisotopic (exact) mass is 155 g/mol. The Morgan fingerprint density at radius 1 is 1.91 bits per heavy atom. The Bertz CT molecular complexity index is 167. The van der Waals surface area contributed by atoms with Gasteiger partial charge in [0.05, 0.1) is 0 Å². The van der Waals surface area contributed by atoms with Crippen LogP contribution >= 0.6 is 0 Å². The number of rotatable bonds is 3. The van der Waals surface area contributed by atoms with Gasteiger partial charge >= 0.3 is 0 Å². The smallest absolute Gasteiger partial charge is 0.225 e. The molecule has 0 aromatic heterocycles. The molecule has 0 aliphatic carbocycles. The third kappa shape index (κ3) is 1.60. The van der Waals surface area contributed by atoms with Crippen LogP contribution in [-0.2, 0) is 9.53 Å². The van der Waals surface area contributed by atoms with Gasteiger partial charge in [-0.3, -0.25) is 4.79 Å². The summed E-state index contributed by atoms with van der Waals surface area (Å²) in [7, 11) is 1.62. The van der Waals surface area contributed by atoms with Gasteiger partial charge in [-0.1, -0.05) is 6.08 Å². The molecule has 1 unspecified atom stereocenters. The van der Waals surface area contributed by atoms with Crippen LogP contribution in [0.15, 0.2) is 12.7 Å². The van der Waals surface area contributed by atoms with Crippen LogP contribution in [0.1, 0.15) is 12.8 Å². The molecule has 0 N–H and O–H groups in total. The van der Waals surface area contributed by atoms with Gasteiger partial charge in [0.15, 0.2) is 0 Å². The van der Waals surface area contributed by atoms with Crippen LogP contribution in [0.3, 0.4) is 0 Å². The number of hydrogen-bond acceptors (Lipinski definition) is 2. The molecule has 0 spiro atoms. The molecule has 3 heteroatoms. The molecular formula is C8H13NO2. The van der Waals surface area contributed by atoms with Crippen LogP contribution in [0.5, 0.6) is 0 Å². The number of likely N-dealkylation sites (tertiary alicyclic amines) is 1. The van der Waals surface area contributed by atoms with Crippen molar-refractivity contribution < 1.29 is 9.53 Å². The summed E-state index contributed by atoms with van der Waals surface area (Å²) in [6, 6.07) is 0. The fourth-order valence-corrected chi connectivity index (χ4v) is 1.31. The van der Waals surface area contributed by atoms with Crippen molar-refractivity contribution in [2.45, 2.75) is 19.1 Å². The van der Waals surface area contributed by atoms with Crippen molar-refractivity contribution in [3.05, 3.63) is 12.7 Å². The second-order valence-electron chi connectivity index (χ2n) is 2.56. The van der Waals surface area contributed by atoms with Crippen LogP contribution in [0.4, 0.5) is 0 Å².